The number of hydrogen-bond acceptors (Lipinski definition) is 5. The van der Waals surface area contributed by atoms with Crippen LogP contribution in [0.4, 0.5) is 0 Å². The number of carbonyl (C=O) groups excluding carboxylic acids is 2. The number of aliphatic hydroxyl groups is 2. The molecule has 0 aromatic carbocycles. The SMILES string of the molecule is CCCCCC/C=C\C/C=C\CCCCCCCCCC(=O)OCCCCCCCC/C=C\CCCCCCCCCC(=O)NC(CO)C(O)/C=C/CCCCCCCCCCCCCCCCCCC. The molecule has 0 radical (unpaired) electrons. The third-order valence-electron chi connectivity index (χ3n) is 14.3. The highest BCUT2D eigenvalue weighted by Crippen LogP contribution is 2.17. The van der Waals surface area contributed by atoms with Crippen molar-refractivity contribution in [2.75, 3.05) is 13.2 Å². The number of allylic oxidation sites excluding steroid dienone is 7. The maximum absolute atomic E-state index is 12.5. The van der Waals surface area contributed by atoms with Crippen molar-refractivity contribution in [1.82, 2.24) is 5.32 Å². The van der Waals surface area contributed by atoms with E-state index in [1.807, 2.05) is 6.08 Å². The van der Waals surface area contributed by atoms with E-state index in [2.05, 4.69) is 55.6 Å². The lowest BCUT2D eigenvalue weighted by Crippen LogP contribution is -2.45. The van der Waals surface area contributed by atoms with Gasteiger partial charge in [0.25, 0.3) is 0 Å². The molecule has 0 bridgehead atoms. The number of ether oxygens (including phenoxy) is 1. The van der Waals surface area contributed by atoms with Crippen molar-refractivity contribution in [3.8, 4) is 0 Å². The quantitative estimate of drug-likeness (QED) is 0.0321. The molecule has 0 aliphatic rings. The third-order valence-corrected chi connectivity index (χ3v) is 14.3. The summed E-state index contributed by atoms with van der Waals surface area (Å²) in [6.45, 7) is 4.88. The maximum Gasteiger partial charge on any atom is 0.305 e. The van der Waals surface area contributed by atoms with Gasteiger partial charge in [0, 0.05) is 12.8 Å². The van der Waals surface area contributed by atoms with E-state index >= 15 is 0 Å². The number of aliphatic hydroxyl groups excluding tert-OH is 2. The molecule has 0 heterocycles. The summed E-state index contributed by atoms with van der Waals surface area (Å²) >= 11 is 0. The number of esters is 1. The van der Waals surface area contributed by atoms with Crippen LogP contribution in [0.2, 0.25) is 0 Å². The van der Waals surface area contributed by atoms with Gasteiger partial charge in [0.1, 0.15) is 0 Å². The number of amides is 1. The van der Waals surface area contributed by atoms with Crippen molar-refractivity contribution >= 4 is 11.9 Å². The van der Waals surface area contributed by atoms with Crippen LogP contribution in [0.15, 0.2) is 48.6 Å². The molecule has 0 saturated heterocycles. The van der Waals surface area contributed by atoms with Gasteiger partial charge < -0.3 is 20.3 Å². The summed E-state index contributed by atoms with van der Waals surface area (Å²) in [4.78, 5) is 24.6. The molecule has 1 amide bonds. The van der Waals surface area contributed by atoms with Gasteiger partial charge in [-0.3, -0.25) is 9.59 Å². The number of hydrogen-bond donors (Lipinski definition) is 3. The van der Waals surface area contributed by atoms with Gasteiger partial charge in [-0.05, 0) is 89.9 Å². The number of nitrogens with one attached hydrogen (secondary N) is 1. The van der Waals surface area contributed by atoms with Gasteiger partial charge >= 0.3 is 5.97 Å². The average molecular weight is 997 g/mol. The second-order valence-electron chi connectivity index (χ2n) is 21.4. The molecule has 2 unspecified atom stereocenters. The Morgan fingerprint density at radius 2 is 0.704 bits per heavy atom. The van der Waals surface area contributed by atoms with Crippen LogP contribution >= 0.6 is 0 Å². The molecule has 0 rings (SSSR count). The second-order valence-corrected chi connectivity index (χ2v) is 21.4. The molecule has 71 heavy (non-hydrogen) atoms. The highest BCUT2D eigenvalue weighted by molar-refractivity contribution is 5.76. The van der Waals surface area contributed by atoms with Crippen molar-refractivity contribution in [3.05, 3.63) is 48.6 Å². The lowest BCUT2D eigenvalue weighted by Gasteiger charge is -2.20. The van der Waals surface area contributed by atoms with Gasteiger partial charge in [-0.2, -0.15) is 0 Å². The molecule has 3 N–H and O–H groups in total. The zero-order valence-corrected chi connectivity index (χ0v) is 47.5. The summed E-state index contributed by atoms with van der Waals surface area (Å²) in [5, 5.41) is 23.2. The van der Waals surface area contributed by atoms with Gasteiger partial charge in [0.05, 0.1) is 25.4 Å². The van der Waals surface area contributed by atoms with Crippen LogP contribution in [0.1, 0.15) is 328 Å². The summed E-state index contributed by atoms with van der Waals surface area (Å²) in [7, 11) is 0. The van der Waals surface area contributed by atoms with E-state index in [1.54, 1.807) is 6.08 Å². The van der Waals surface area contributed by atoms with Crippen molar-refractivity contribution in [2.24, 2.45) is 0 Å². The molecular formula is C65H121NO5. The summed E-state index contributed by atoms with van der Waals surface area (Å²) in [5.74, 6) is -0.0889. The predicted octanol–water partition coefficient (Wildman–Crippen LogP) is 19.7. The van der Waals surface area contributed by atoms with E-state index in [1.165, 1.54) is 238 Å². The van der Waals surface area contributed by atoms with Crippen LogP contribution in [0.5, 0.6) is 0 Å². The lowest BCUT2D eigenvalue weighted by atomic mass is 10.0. The summed E-state index contributed by atoms with van der Waals surface area (Å²) < 4.78 is 5.48. The van der Waals surface area contributed by atoms with Crippen molar-refractivity contribution < 1.29 is 24.5 Å². The molecule has 6 heteroatoms. The Bertz CT molecular complexity index is 1190. The summed E-state index contributed by atoms with van der Waals surface area (Å²) in [6.07, 6.45) is 77.1. The Morgan fingerprint density at radius 1 is 0.394 bits per heavy atom. The second kappa shape index (κ2) is 60.4. The van der Waals surface area contributed by atoms with E-state index in [-0.39, 0.29) is 18.5 Å². The Kier molecular flexibility index (Phi) is 58.5. The van der Waals surface area contributed by atoms with Crippen LogP contribution < -0.4 is 5.32 Å². The Labute approximate surface area is 442 Å². The molecule has 2 atom stereocenters. The number of unbranched alkanes of at least 4 members (excludes halogenated alkanes) is 41. The number of carbonyl (C=O) groups is 2. The highest BCUT2D eigenvalue weighted by atomic mass is 16.5. The lowest BCUT2D eigenvalue weighted by molar-refractivity contribution is -0.143. The summed E-state index contributed by atoms with van der Waals surface area (Å²) in [5.41, 5.74) is 0. The highest BCUT2D eigenvalue weighted by Gasteiger charge is 2.18. The van der Waals surface area contributed by atoms with E-state index < -0.39 is 12.1 Å². The predicted molar refractivity (Wildman–Crippen MR) is 310 cm³/mol. The van der Waals surface area contributed by atoms with Crippen LogP contribution in [0.25, 0.3) is 0 Å². The fraction of sp³-hybridized carbons (Fsp3) is 0.846. The van der Waals surface area contributed by atoms with E-state index in [0.717, 1.165) is 64.2 Å². The molecule has 0 aromatic rings. The monoisotopic (exact) mass is 996 g/mol. The van der Waals surface area contributed by atoms with Crippen LogP contribution in [-0.4, -0.2) is 47.4 Å². The smallest absolute Gasteiger partial charge is 0.305 e. The molecule has 6 nitrogen and oxygen atoms in total. The largest absolute Gasteiger partial charge is 0.466 e. The van der Waals surface area contributed by atoms with Crippen LogP contribution in [0, 0.1) is 0 Å². The molecule has 0 aliphatic carbocycles. The summed E-state index contributed by atoms with van der Waals surface area (Å²) in [6, 6.07) is -0.639. The van der Waals surface area contributed by atoms with Crippen molar-refractivity contribution in [1.29, 1.82) is 0 Å². The van der Waals surface area contributed by atoms with E-state index in [4.69, 9.17) is 4.74 Å². The Balaban J connectivity index is 3.49. The molecule has 0 fully saturated rings. The minimum Gasteiger partial charge on any atom is -0.466 e. The van der Waals surface area contributed by atoms with E-state index in [0.29, 0.717) is 19.4 Å². The normalized spacial score (nSPS) is 12.9. The zero-order valence-electron chi connectivity index (χ0n) is 47.5. The van der Waals surface area contributed by atoms with E-state index in [9.17, 15) is 19.8 Å². The Morgan fingerprint density at radius 3 is 1.10 bits per heavy atom. The first kappa shape index (κ1) is 68.8. The molecule has 0 aliphatic heterocycles. The first-order valence-corrected chi connectivity index (χ1v) is 31.4. The zero-order chi connectivity index (χ0) is 51.4. The molecule has 0 aromatic heterocycles. The first-order valence-electron chi connectivity index (χ1n) is 31.4. The van der Waals surface area contributed by atoms with Crippen LogP contribution in [-0.2, 0) is 14.3 Å². The molecule has 0 saturated carbocycles. The van der Waals surface area contributed by atoms with Gasteiger partial charge in [0.2, 0.25) is 5.91 Å². The topological polar surface area (TPSA) is 95.9 Å². The fourth-order valence-electron chi connectivity index (χ4n) is 9.48. The Hall–Kier alpha value is -2.18. The molecule has 0 spiro atoms. The third kappa shape index (κ3) is 57.0. The molecule has 416 valence electrons. The number of rotatable bonds is 58. The first-order chi connectivity index (χ1) is 35.0. The maximum atomic E-state index is 12.5. The van der Waals surface area contributed by atoms with Crippen LogP contribution in [0.3, 0.4) is 0 Å². The minimum absolute atomic E-state index is 0.0101. The minimum atomic E-state index is -0.854. The van der Waals surface area contributed by atoms with Gasteiger partial charge in [-0.25, -0.2) is 0 Å². The van der Waals surface area contributed by atoms with Gasteiger partial charge in [-0.1, -0.05) is 274 Å². The standard InChI is InChI=1S/C65H121NO5/c1-3-5-7-9-11-13-15-17-19-21-23-25-29-33-37-41-45-49-53-57-63(68)62(61-67)66-64(69)58-54-50-46-42-38-34-30-26-24-28-32-36-40-44-48-52-56-60-71-65(70)59-55-51-47-43-39-35-31-27-22-20-18-16-14-12-10-8-6-4-2/h14,16,20,22,24,28,53,57,62-63,67-68H,3-13,15,17-19,21,23,25-27,29-52,54-56,58-61H2,1-2H3,(H,66,69)/b16-14-,22-20-,28-24-,57-53+. The fourth-order valence-corrected chi connectivity index (χ4v) is 9.48. The average Bonchev–Trinajstić information content (AvgIpc) is 3.37. The van der Waals surface area contributed by atoms with Crippen molar-refractivity contribution in [2.45, 2.75) is 341 Å². The molecular weight excluding hydrogens is 875 g/mol. The van der Waals surface area contributed by atoms with Crippen molar-refractivity contribution in [3.63, 3.8) is 0 Å². The van der Waals surface area contributed by atoms with Gasteiger partial charge in [-0.15, -0.1) is 0 Å². The van der Waals surface area contributed by atoms with Gasteiger partial charge in [0.15, 0.2) is 0 Å².